The molecule has 0 heterocycles. The summed E-state index contributed by atoms with van der Waals surface area (Å²) in [5, 5.41) is 14.8. The smallest absolute Gasteiger partial charge is 0.238 e. The van der Waals surface area contributed by atoms with Gasteiger partial charge in [0.1, 0.15) is 11.2 Å². The van der Waals surface area contributed by atoms with Gasteiger partial charge >= 0.3 is 0 Å². The fraction of sp³-hybridized carbons (Fsp3) is 0.467. The molecular weight excluding hydrogens is 273 g/mol. The average Bonchev–Trinajstić information content (AvgIpc) is 2.51. The number of benzene rings is 1. The lowest BCUT2D eigenvalue weighted by Gasteiger charge is -2.34. The van der Waals surface area contributed by atoms with Crippen molar-refractivity contribution in [3.8, 4) is 0 Å². The summed E-state index contributed by atoms with van der Waals surface area (Å²) in [4.78, 5) is 12.6. The van der Waals surface area contributed by atoms with Crippen molar-refractivity contribution < 1.29 is 14.4 Å². The zero-order valence-corrected chi connectivity index (χ0v) is 12.0. The van der Waals surface area contributed by atoms with Crippen molar-refractivity contribution in [1.82, 2.24) is 0 Å². The summed E-state index contributed by atoms with van der Waals surface area (Å²) in [5.41, 5.74) is 5.55. The van der Waals surface area contributed by atoms with Gasteiger partial charge in [-0.15, -0.1) is 0 Å². The van der Waals surface area contributed by atoms with Crippen molar-refractivity contribution in [2.75, 3.05) is 5.32 Å². The van der Waals surface area contributed by atoms with Gasteiger partial charge in [-0.1, -0.05) is 30.5 Å². The number of carbonyl (C=O) groups is 1. The second-order valence-corrected chi connectivity index (χ2v) is 5.49. The molecule has 5 nitrogen and oxygen atoms in total. The summed E-state index contributed by atoms with van der Waals surface area (Å²) in [6.07, 6.45) is 3.76. The Morgan fingerprint density at radius 1 is 1.38 bits per heavy atom. The van der Waals surface area contributed by atoms with Crippen molar-refractivity contribution >= 4 is 17.4 Å². The number of amidine groups is 1. The van der Waals surface area contributed by atoms with Gasteiger partial charge in [-0.3, -0.25) is 4.79 Å². The first-order valence-corrected chi connectivity index (χ1v) is 7.06. The van der Waals surface area contributed by atoms with Gasteiger partial charge in [-0.2, -0.15) is 0 Å². The molecule has 21 heavy (non-hydrogen) atoms. The van der Waals surface area contributed by atoms with Crippen molar-refractivity contribution in [3.63, 3.8) is 0 Å². The van der Waals surface area contributed by atoms with Crippen LogP contribution in [-0.4, -0.2) is 17.0 Å². The summed E-state index contributed by atoms with van der Waals surface area (Å²) in [6, 6.07) is 4.51. The van der Waals surface area contributed by atoms with Crippen LogP contribution in [0.1, 0.15) is 37.7 Å². The van der Waals surface area contributed by atoms with Crippen LogP contribution < -0.4 is 11.1 Å². The van der Waals surface area contributed by atoms with E-state index in [4.69, 9.17) is 10.9 Å². The Bertz CT molecular complexity index is 566. The van der Waals surface area contributed by atoms with Gasteiger partial charge in [-0.25, -0.2) is 4.39 Å². The maximum absolute atomic E-state index is 13.6. The third-order valence-corrected chi connectivity index (χ3v) is 4.26. The molecule has 1 saturated carbocycles. The SMILES string of the molecule is Cc1c(F)cccc1NC(=O)C1(C(N)=NO)CCCCC1. The molecule has 1 aliphatic rings. The van der Waals surface area contributed by atoms with Gasteiger partial charge in [0.25, 0.3) is 0 Å². The monoisotopic (exact) mass is 293 g/mol. The van der Waals surface area contributed by atoms with Crippen molar-refractivity contribution in [1.29, 1.82) is 0 Å². The van der Waals surface area contributed by atoms with E-state index in [2.05, 4.69) is 10.5 Å². The largest absolute Gasteiger partial charge is 0.409 e. The highest BCUT2D eigenvalue weighted by atomic mass is 19.1. The first-order chi connectivity index (χ1) is 10.0. The fourth-order valence-electron chi connectivity index (χ4n) is 2.84. The number of oxime groups is 1. The normalized spacial score (nSPS) is 18.3. The molecule has 0 radical (unpaired) electrons. The number of halogens is 1. The van der Waals surface area contributed by atoms with E-state index in [0.717, 1.165) is 19.3 Å². The van der Waals surface area contributed by atoms with Crippen LogP contribution in [0.15, 0.2) is 23.4 Å². The van der Waals surface area contributed by atoms with Gasteiger partial charge in [0.05, 0.1) is 0 Å². The minimum Gasteiger partial charge on any atom is -0.409 e. The van der Waals surface area contributed by atoms with E-state index in [0.29, 0.717) is 24.1 Å². The summed E-state index contributed by atoms with van der Waals surface area (Å²) in [7, 11) is 0. The molecule has 0 aliphatic heterocycles. The summed E-state index contributed by atoms with van der Waals surface area (Å²) < 4.78 is 13.6. The highest BCUT2D eigenvalue weighted by Gasteiger charge is 2.44. The number of rotatable bonds is 3. The second-order valence-electron chi connectivity index (χ2n) is 5.49. The number of nitrogens with two attached hydrogens (primary N) is 1. The Balaban J connectivity index is 2.29. The maximum Gasteiger partial charge on any atom is 0.238 e. The molecule has 114 valence electrons. The maximum atomic E-state index is 13.6. The lowest BCUT2D eigenvalue weighted by Crippen LogP contribution is -2.48. The molecule has 0 spiro atoms. The van der Waals surface area contributed by atoms with E-state index in [1.54, 1.807) is 13.0 Å². The lowest BCUT2D eigenvalue weighted by atomic mass is 9.72. The Morgan fingerprint density at radius 2 is 2.05 bits per heavy atom. The fourth-order valence-corrected chi connectivity index (χ4v) is 2.84. The van der Waals surface area contributed by atoms with Gasteiger partial charge in [0, 0.05) is 11.3 Å². The van der Waals surface area contributed by atoms with E-state index in [9.17, 15) is 9.18 Å². The number of hydrogen-bond donors (Lipinski definition) is 3. The standard InChI is InChI=1S/C15H20FN3O2/c1-10-11(16)6-5-7-12(10)18-14(20)15(13(17)19-21)8-3-2-4-9-15/h5-7,21H,2-4,8-9H2,1H3,(H2,17,19)(H,18,20). The second kappa shape index (κ2) is 6.11. The highest BCUT2D eigenvalue weighted by molar-refractivity contribution is 6.12. The predicted octanol–water partition coefficient (Wildman–Crippen LogP) is 2.77. The Kier molecular flexibility index (Phi) is 4.45. The molecule has 1 fully saturated rings. The van der Waals surface area contributed by atoms with Crippen LogP contribution in [0.4, 0.5) is 10.1 Å². The molecular formula is C15H20FN3O2. The Morgan fingerprint density at radius 3 is 2.67 bits per heavy atom. The topological polar surface area (TPSA) is 87.7 Å². The van der Waals surface area contributed by atoms with Crippen LogP contribution in [0.3, 0.4) is 0 Å². The van der Waals surface area contributed by atoms with Crippen LogP contribution in [-0.2, 0) is 4.79 Å². The van der Waals surface area contributed by atoms with E-state index in [1.165, 1.54) is 12.1 Å². The van der Waals surface area contributed by atoms with E-state index in [1.807, 2.05) is 0 Å². The zero-order valence-electron chi connectivity index (χ0n) is 12.0. The number of carbonyl (C=O) groups excluding carboxylic acids is 1. The Labute approximate surface area is 123 Å². The van der Waals surface area contributed by atoms with Crippen molar-refractivity contribution in [2.24, 2.45) is 16.3 Å². The van der Waals surface area contributed by atoms with E-state index < -0.39 is 5.41 Å². The minimum absolute atomic E-state index is 0.0752. The lowest BCUT2D eigenvalue weighted by molar-refractivity contribution is -0.123. The first-order valence-electron chi connectivity index (χ1n) is 7.06. The van der Waals surface area contributed by atoms with Gasteiger partial charge in [-0.05, 0) is 31.9 Å². The molecule has 0 unspecified atom stereocenters. The molecule has 0 atom stereocenters. The molecule has 1 aromatic rings. The summed E-state index contributed by atoms with van der Waals surface area (Å²) in [6.45, 7) is 1.60. The van der Waals surface area contributed by atoms with Gasteiger partial charge in [0.15, 0.2) is 5.84 Å². The van der Waals surface area contributed by atoms with Gasteiger partial charge < -0.3 is 16.3 Å². The molecule has 1 aromatic carbocycles. The molecule has 0 bridgehead atoms. The Hall–Kier alpha value is -2.11. The minimum atomic E-state index is -1.01. The van der Waals surface area contributed by atoms with Gasteiger partial charge in [0.2, 0.25) is 5.91 Å². The van der Waals surface area contributed by atoms with Crippen LogP contribution in [0.5, 0.6) is 0 Å². The number of amides is 1. The quantitative estimate of drug-likeness (QED) is 0.346. The molecule has 1 amide bonds. The molecule has 0 aromatic heterocycles. The van der Waals surface area contributed by atoms with Crippen LogP contribution in [0.2, 0.25) is 0 Å². The van der Waals surface area contributed by atoms with Crippen molar-refractivity contribution in [3.05, 3.63) is 29.6 Å². The van der Waals surface area contributed by atoms with Crippen LogP contribution in [0.25, 0.3) is 0 Å². The number of anilines is 1. The number of nitrogens with zero attached hydrogens (tertiary/aromatic N) is 1. The molecule has 1 aliphatic carbocycles. The van der Waals surface area contributed by atoms with Crippen molar-refractivity contribution in [2.45, 2.75) is 39.0 Å². The molecule has 0 saturated heterocycles. The number of nitrogens with one attached hydrogen (secondary N) is 1. The zero-order chi connectivity index (χ0) is 15.5. The molecule has 2 rings (SSSR count). The first kappa shape index (κ1) is 15.3. The average molecular weight is 293 g/mol. The third-order valence-electron chi connectivity index (χ3n) is 4.26. The summed E-state index contributed by atoms with van der Waals surface area (Å²) in [5.74, 6) is -0.797. The van der Waals surface area contributed by atoms with Crippen LogP contribution in [0, 0.1) is 18.2 Å². The highest BCUT2D eigenvalue weighted by Crippen LogP contribution is 2.38. The van der Waals surface area contributed by atoms with E-state index >= 15 is 0 Å². The van der Waals surface area contributed by atoms with Crippen LogP contribution >= 0.6 is 0 Å². The predicted molar refractivity (Wildman–Crippen MR) is 78.7 cm³/mol. The van der Waals surface area contributed by atoms with E-state index in [-0.39, 0.29) is 17.6 Å². The summed E-state index contributed by atoms with van der Waals surface area (Å²) >= 11 is 0. The molecule has 4 N–H and O–H groups in total. The third kappa shape index (κ3) is 2.84. The molecule has 6 heteroatoms. The number of hydrogen-bond acceptors (Lipinski definition) is 3.